The zero-order valence-corrected chi connectivity index (χ0v) is 19.5. The lowest BCUT2D eigenvalue weighted by molar-refractivity contribution is -0.134. The van der Waals surface area contributed by atoms with Gasteiger partial charge in [0.2, 0.25) is 5.91 Å². The highest BCUT2D eigenvalue weighted by Crippen LogP contribution is 2.29. The van der Waals surface area contributed by atoms with Gasteiger partial charge in [0.1, 0.15) is 12.1 Å². The monoisotopic (exact) mass is 455 g/mol. The number of hydrogen-bond donors (Lipinski definition) is 1. The van der Waals surface area contributed by atoms with Crippen LogP contribution < -0.4 is 10.2 Å². The van der Waals surface area contributed by atoms with Crippen molar-refractivity contribution in [3.63, 3.8) is 0 Å². The summed E-state index contributed by atoms with van der Waals surface area (Å²) in [5.41, 5.74) is 2.33. The Balaban J connectivity index is 1.55. The fourth-order valence-electron chi connectivity index (χ4n) is 4.25. The number of imide groups is 1. The highest BCUT2D eigenvalue weighted by Gasteiger charge is 2.49. The van der Waals surface area contributed by atoms with E-state index in [0.29, 0.717) is 17.8 Å². The number of nitrogens with zero attached hydrogens (tertiary/aromatic N) is 2. The Labute approximate surface area is 200 Å². The summed E-state index contributed by atoms with van der Waals surface area (Å²) in [6.45, 7) is 3.80. The number of nitrogens with one attached hydrogen (secondary N) is 1. The molecule has 6 heteroatoms. The van der Waals surface area contributed by atoms with Crippen molar-refractivity contribution < 1.29 is 14.4 Å². The van der Waals surface area contributed by atoms with Crippen molar-refractivity contribution in [3.05, 3.63) is 102 Å². The Morgan fingerprint density at radius 3 is 2.12 bits per heavy atom. The third kappa shape index (κ3) is 4.71. The molecule has 0 spiro atoms. The van der Waals surface area contributed by atoms with E-state index < -0.39 is 17.5 Å². The summed E-state index contributed by atoms with van der Waals surface area (Å²) in [5.74, 6) is -0.761. The maximum absolute atomic E-state index is 13.4. The molecule has 6 nitrogen and oxygen atoms in total. The third-order valence-corrected chi connectivity index (χ3v) is 6.19. The topological polar surface area (TPSA) is 69.7 Å². The third-order valence-electron chi connectivity index (χ3n) is 6.19. The molecule has 1 N–H and O–H groups in total. The molecule has 4 rings (SSSR count). The van der Waals surface area contributed by atoms with Gasteiger partial charge in [-0.2, -0.15) is 0 Å². The highest BCUT2D eigenvalue weighted by molar-refractivity contribution is 6.10. The number of carbonyl (C=O) groups is 3. The molecule has 174 valence electrons. The van der Waals surface area contributed by atoms with Crippen LogP contribution >= 0.6 is 0 Å². The summed E-state index contributed by atoms with van der Waals surface area (Å²) in [5, 5.41) is 2.80. The number of amides is 4. The minimum Gasteiger partial charge on any atom is -0.319 e. The van der Waals surface area contributed by atoms with Crippen LogP contribution in [-0.4, -0.2) is 29.3 Å². The Bertz CT molecular complexity index is 1160. The van der Waals surface area contributed by atoms with E-state index in [1.807, 2.05) is 84.9 Å². The quantitative estimate of drug-likeness (QED) is 0.503. The molecule has 1 unspecified atom stereocenters. The van der Waals surface area contributed by atoms with Gasteiger partial charge in [-0.25, -0.2) is 4.79 Å². The molecule has 0 aromatic heterocycles. The van der Waals surface area contributed by atoms with Crippen LogP contribution in [0.4, 0.5) is 10.5 Å². The second-order valence-corrected chi connectivity index (χ2v) is 8.69. The molecular weight excluding hydrogens is 426 g/mol. The SMILES string of the molecule is CCCc1ccc(C2(C)NC(=O)N(CC(=O)N(Cc3ccccc3)c3ccccc3)C2=O)cc1. The van der Waals surface area contributed by atoms with Gasteiger partial charge < -0.3 is 10.2 Å². The number of urea groups is 1. The lowest BCUT2D eigenvalue weighted by Gasteiger charge is -2.26. The average Bonchev–Trinajstić information content (AvgIpc) is 3.08. The number of anilines is 1. The van der Waals surface area contributed by atoms with Crippen LogP contribution in [0.15, 0.2) is 84.9 Å². The van der Waals surface area contributed by atoms with E-state index in [4.69, 9.17) is 0 Å². The van der Waals surface area contributed by atoms with Crippen LogP contribution in [0.1, 0.15) is 37.0 Å². The molecule has 3 aromatic carbocycles. The second-order valence-electron chi connectivity index (χ2n) is 8.69. The second kappa shape index (κ2) is 9.91. The lowest BCUT2D eigenvalue weighted by atomic mass is 9.91. The van der Waals surface area contributed by atoms with Gasteiger partial charge in [-0.3, -0.25) is 14.5 Å². The zero-order valence-electron chi connectivity index (χ0n) is 19.5. The number of hydrogen-bond acceptors (Lipinski definition) is 3. The van der Waals surface area contributed by atoms with Gasteiger partial charge in [0.15, 0.2) is 0 Å². The predicted octanol–water partition coefficient (Wildman–Crippen LogP) is 4.64. The van der Waals surface area contributed by atoms with Crippen molar-refractivity contribution in [1.29, 1.82) is 0 Å². The minimum absolute atomic E-state index is 0.332. The summed E-state index contributed by atoms with van der Waals surface area (Å²) in [7, 11) is 0. The predicted molar refractivity (Wildman–Crippen MR) is 132 cm³/mol. The number of aryl methyl sites for hydroxylation is 1. The number of rotatable bonds is 8. The molecule has 4 amide bonds. The van der Waals surface area contributed by atoms with E-state index in [1.54, 1.807) is 11.8 Å². The lowest BCUT2D eigenvalue weighted by Crippen LogP contribution is -2.44. The number of para-hydroxylation sites is 1. The van der Waals surface area contributed by atoms with E-state index in [-0.39, 0.29) is 12.5 Å². The molecule has 1 aliphatic rings. The van der Waals surface area contributed by atoms with Crippen LogP contribution in [0.5, 0.6) is 0 Å². The van der Waals surface area contributed by atoms with Crippen LogP contribution in [0.3, 0.4) is 0 Å². The zero-order chi connectivity index (χ0) is 24.1. The first-order valence-corrected chi connectivity index (χ1v) is 11.5. The average molecular weight is 456 g/mol. The van der Waals surface area contributed by atoms with Crippen LogP contribution in [0, 0.1) is 0 Å². The molecule has 1 atom stereocenters. The van der Waals surface area contributed by atoms with Gasteiger partial charge >= 0.3 is 6.03 Å². The van der Waals surface area contributed by atoms with Crippen molar-refractivity contribution >= 4 is 23.5 Å². The molecule has 34 heavy (non-hydrogen) atoms. The maximum Gasteiger partial charge on any atom is 0.325 e. The van der Waals surface area contributed by atoms with Gasteiger partial charge in [-0.15, -0.1) is 0 Å². The molecule has 0 bridgehead atoms. The van der Waals surface area contributed by atoms with Gasteiger partial charge in [-0.05, 0) is 42.2 Å². The summed E-state index contributed by atoms with van der Waals surface area (Å²) in [6, 6.07) is 26.0. The normalized spacial score (nSPS) is 17.5. The number of carbonyl (C=O) groups excluding carboxylic acids is 3. The van der Waals surface area contributed by atoms with Crippen LogP contribution in [0.25, 0.3) is 0 Å². The first kappa shape index (κ1) is 23.2. The van der Waals surface area contributed by atoms with E-state index >= 15 is 0 Å². The van der Waals surface area contributed by atoms with Crippen molar-refractivity contribution in [2.45, 2.75) is 38.8 Å². The summed E-state index contributed by atoms with van der Waals surface area (Å²) >= 11 is 0. The first-order valence-electron chi connectivity index (χ1n) is 11.5. The Morgan fingerprint density at radius 1 is 0.882 bits per heavy atom. The fraction of sp³-hybridized carbons (Fsp3) is 0.250. The van der Waals surface area contributed by atoms with Crippen LogP contribution in [0.2, 0.25) is 0 Å². The maximum atomic E-state index is 13.4. The van der Waals surface area contributed by atoms with Crippen molar-refractivity contribution in [1.82, 2.24) is 10.2 Å². The minimum atomic E-state index is -1.21. The molecule has 1 heterocycles. The largest absolute Gasteiger partial charge is 0.325 e. The van der Waals surface area contributed by atoms with Crippen LogP contribution in [-0.2, 0) is 28.1 Å². The summed E-state index contributed by atoms with van der Waals surface area (Å²) < 4.78 is 0. The van der Waals surface area contributed by atoms with Gasteiger partial charge in [0, 0.05) is 5.69 Å². The standard InChI is InChI=1S/C28H29N3O3/c1-3-10-21-15-17-23(18-16-21)28(2)26(33)31(27(34)29-28)20-25(32)30(24-13-8-5-9-14-24)19-22-11-6-4-7-12-22/h4-9,11-18H,3,10,19-20H2,1-2H3,(H,29,34). The number of benzene rings is 3. The van der Waals surface area contributed by atoms with Crippen molar-refractivity contribution in [2.75, 3.05) is 11.4 Å². The van der Waals surface area contributed by atoms with E-state index in [0.717, 1.165) is 23.3 Å². The summed E-state index contributed by atoms with van der Waals surface area (Å²) in [4.78, 5) is 42.2. The van der Waals surface area contributed by atoms with Crippen molar-refractivity contribution in [2.24, 2.45) is 0 Å². The van der Waals surface area contributed by atoms with E-state index in [1.165, 1.54) is 5.56 Å². The molecule has 1 aliphatic heterocycles. The van der Waals surface area contributed by atoms with E-state index in [2.05, 4.69) is 12.2 Å². The highest BCUT2D eigenvalue weighted by atomic mass is 16.2. The molecule has 0 saturated carbocycles. The van der Waals surface area contributed by atoms with Gasteiger partial charge in [-0.1, -0.05) is 86.1 Å². The molecule has 3 aromatic rings. The fourth-order valence-corrected chi connectivity index (χ4v) is 4.25. The first-order chi connectivity index (χ1) is 16.4. The van der Waals surface area contributed by atoms with Gasteiger partial charge in [0.25, 0.3) is 5.91 Å². The molecule has 0 aliphatic carbocycles. The summed E-state index contributed by atoms with van der Waals surface area (Å²) in [6.07, 6.45) is 1.98. The molecule has 1 fully saturated rings. The van der Waals surface area contributed by atoms with Gasteiger partial charge in [0.05, 0.1) is 6.54 Å². The Morgan fingerprint density at radius 2 is 1.50 bits per heavy atom. The molecule has 0 radical (unpaired) electrons. The Kier molecular flexibility index (Phi) is 6.77. The van der Waals surface area contributed by atoms with E-state index in [9.17, 15) is 14.4 Å². The molecular formula is C28H29N3O3. The Hall–Kier alpha value is -3.93. The smallest absolute Gasteiger partial charge is 0.319 e. The van der Waals surface area contributed by atoms with Crippen molar-refractivity contribution in [3.8, 4) is 0 Å². The molecule has 1 saturated heterocycles.